The molecule has 0 bridgehead atoms. The Labute approximate surface area is 73.8 Å². The summed E-state index contributed by atoms with van der Waals surface area (Å²) in [5.41, 5.74) is 2.22. The lowest BCUT2D eigenvalue weighted by Crippen LogP contribution is -2.37. The van der Waals surface area contributed by atoms with Crippen molar-refractivity contribution >= 4 is 0 Å². The molecule has 78 valence electrons. The average molecular weight is 199 g/mol. The molecule has 3 nitrogen and oxygen atoms in total. The van der Waals surface area contributed by atoms with Crippen LogP contribution in [0, 0.1) is 0 Å². The summed E-state index contributed by atoms with van der Waals surface area (Å²) in [6, 6.07) is -0.359. The smallest absolute Gasteiger partial charge is 0.391 e. The van der Waals surface area contributed by atoms with Crippen LogP contribution in [0.4, 0.5) is 13.2 Å². The third-order valence-corrected chi connectivity index (χ3v) is 1.95. The molecule has 0 radical (unpaired) electrons. The summed E-state index contributed by atoms with van der Waals surface area (Å²) in [4.78, 5) is 4.22. The number of aliphatic hydroxyl groups is 1. The molecule has 1 aliphatic carbocycles. The van der Waals surface area contributed by atoms with Gasteiger partial charge in [0.15, 0.2) is 6.61 Å². The van der Waals surface area contributed by atoms with Crippen molar-refractivity contribution < 1.29 is 23.1 Å². The molecule has 0 spiro atoms. The van der Waals surface area contributed by atoms with Gasteiger partial charge in [-0.25, -0.2) is 0 Å². The van der Waals surface area contributed by atoms with Crippen LogP contribution in [-0.4, -0.2) is 30.0 Å². The van der Waals surface area contributed by atoms with E-state index in [1.165, 1.54) is 0 Å². The van der Waals surface area contributed by atoms with Gasteiger partial charge in [-0.1, -0.05) is 0 Å². The number of alkyl halides is 3. The Balaban J connectivity index is 2.12. The number of hydrogen-bond donors (Lipinski definition) is 2. The van der Waals surface area contributed by atoms with Gasteiger partial charge in [0.05, 0.1) is 12.1 Å². The molecular weight excluding hydrogens is 187 g/mol. The van der Waals surface area contributed by atoms with E-state index in [4.69, 9.17) is 0 Å². The minimum Gasteiger partial charge on any atom is -0.391 e. The fourth-order valence-electron chi connectivity index (χ4n) is 1.31. The molecule has 6 heteroatoms. The van der Waals surface area contributed by atoms with Crippen LogP contribution < -0.4 is 5.48 Å². The van der Waals surface area contributed by atoms with Gasteiger partial charge in [-0.2, -0.15) is 18.7 Å². The molecule has 2 N–H and O–H groups in total. The first-order valence-electron chi connectivity index (χ1n) is 4.11. The first kappa shape index (κ1) is 10.7. The van der Waals surface area contributed by atoms with Crippen LogP contribution >= 0.6 is 0 Å². The molecule has 0 aromatic heterocycles. The van der Waals surface area contributed by atoms with Gasteiger partial charge in [-0.15, -0.1) is 0 Å². The van der Waals surface area contributed by atoms with Crippen molar-refractivity contribution in [3.63, 3.8) is 0 Å². The Morgan fingerprint density at radius 1 is 1.38 bits per heavy atom. The van der Waals surface area contributed by atoms with Crippen LogP contribution in [0.3, 0.4) is 0 Å². The predicted molar refractivity (Wildman–Crippen MR) is 38.8 cm³/mol. The number of hydrogen-bond acceptors (Lipinski definition) is 3. The van der Waals surface area contributed by atoms with Gasteiger partial charge in [0.2, 0.25) is 0 Å². The van der Waals surface area contributed by atoms with Crippen LogP contribution in [0.1, 0.15) is 19.3 Å². The molecule has 0 aliphatic heterocycles. The van der Waals surface area contributed by atoms with Gasteiger partial charge >= 0.3 is 6.18 Å². The van der Waals surface area contributed by atoms with Crippen molar-refractivity contribution in [1.29, 1.82) is 0 Å². The molecule has 1 saturated carbocycles. The Kier molecular flexibility index (Phi) is 3.52. The topological polar surface area (TPSA) is 41.5 Å². The number of aliphatic hydroxyl groups excluding tert-OH is 1. The van der Waals surface area contributed by atoms with Crippen LogP contribution in [-0.2, 0) is 4.84 Å². The fourth-order valence-corrected chi connectivity index (χ4v) is 1.31. The molecule has 2 atom stereocenters. The lowest BCUT2D eigenvalue weighted by atomic mass is 10.2. The highest BCUT2D eigenvalue weighted by Gasteiger charge is 2.30. The van der Waals surface area contributed by atoms with E-state index in [2.05, 4.69) is 10.3 Å². The van der Waals surface area contributed by atoms with Crippen molar-refractivity contribution in [2.75, 3.05) is 6.61 Å². The number of rotatable bonds is 3. The second-order valence-electron chi connectivity index (χ2n) is 3.13. The molecule has 0 aromatic carbocycles. The summed E-state index contributed by atoms with van der Waals surface area (Å²) < 4.78 is 34.8. The van der Waals surface area contributed by atoms with E-state index in [0.717, 1.165) is 6.42 Å². The van der Waals surface area contributed by atoms with E-state index in [0.29, 0.717) is 12.8 Å². The molecule has 1 rings (SSSR count). The van der Waals surface area contributed by atoms with E-state index < -0.39 is 18.9 Å². The monoisotopic (exact) mass is 199 g/mol. The third-order valence-electron chi connectivity index (χ3n) is 1.95. The zero-order chi connectivity index (χ0) is 9.90. The van der Waals surface area contributed by atoms with Crippen LogP contribution in [0.25, 0.3) is 0 Å². The molecule has 0 saturated heterocycles. The van der Waals surface area contributed by atoms with E-state index in [-0.39, 0.29) is 6.04 Å². The largest absolute Gasteiger partial charge is 0.413 e. The number of nitrogens with one attached hydrogen (secondary N) is 1. The maximum atomic E-state index is 11.6. The van der Waals surface area contributed by atoms with Gasteiger partial charge < -0.3 is 5.11 Å². The van der Waals surface area contributed by atoms with Crippen LogP contribution in [0.5, 0.6) is 0 Å². The summed E-state index contributed by atoms with van der Waals surface area (Å²) in [5.74, 6) is 0. The van der Waals surface area contributed by atoms with Crippen molar-refractivity contribution in [3.05, 3.63) is 0 Å². The molecule has 1 aliphatic rings. The van der Waals surface area contributed by atoms with E-state index in [1.54, 1.807) is 0 Å². The van der Waals surface area contributed by atoms with Crippen molar-refractivity contribution in [1.82, 2.24) is 5.48 Å². The summed E-state index contributed by atoms with van der Waals surface area (Å²) in [6.07, 6.45) is -2.83. The van der Waals surface area contributed by atoms with Crippen molar-refractivity contribution in [3.8, 4) is 0 Å². The van der Waals surface area contributed by atoms with E-state index in [9.17, 15) is 18.3 Å². The highest BCUT2D eigenvalue weighted by molar-refractivity contribution is 4.79. The molecule has 0 heterocycles. The van der Waals surface area contributed by atoms with E-state index >= 15 is 0 Å². The van der Waals surface area contributed by atoms with Gasteiger partial charge in [0, 0.05) is 0 Å². The fraction of sp³-hybridized carbons (Fsp3) is 1.00. The van der Waals surface area contributed by atoms with Crippen LogP contribution in [0.2, 0.25) is 0 Å². The number of halogens is 3. The highest BCUT2D eigenvalue weighted by Crippen LogP contribution is 2.19. The second kappa shape index (κ2) is 4.26. The molecule has 13 heavy (non-hydrogen) atoms. The molecule has 1 fully saturated rings. The first-order chi connectivity index (χ1) is 5.99. The normalized spacial score (nSPS) is 29.5. The van der Waals surface area contributed by atoms with E-state index in [1.807, 2.05) is 0 Å². The maximum absolute atomic E-state index is 11.6. The van der Waals surface area contributed by atoms with Gasteiger partial charge in [0.1, 0.15) is 0 Å². The van der Waals surface area contributed by atoms with Crippen molar-refractivity contribution in [2.45, 2.75) is 37.6 Å². The maximum Gasteiger partial charge on any atom is 0.413 e. The summed E-state index contributed by atoms with van der Waals surface area (Å²) in [5, 5.41) is 9.19. The Morgan fingerprint density at radius 2 is 2.08 bits per heavy atom. The zero-order valence-electron chi connectivity index (χ0n) is 6.97. The highest BCUT2D eigenvalue weighted by atomic mass is 19.4. The minimum atomic E-state index is -4.32. The molecule has 0 amide bonds. The van der Waals surface area contributed by atoms with Gasteiger partial charge in [0.25, 0.3) is 0 Å². The Bertz CT molecular complexity index is 162. The summed E-state index contributed by atoms with van der Waals surface area (Å²) in [6.45, 7) is -1.32. The SMILES string of the molecule is O[C@@H]1CCC[C@H]1NOCC(F)(F)F. The predicted octanol–water partition coefficient (Wildman–Crippen LogP) is 0.983. The second-order valence-corrected chi connectivity index (χ2v) is 3.13. The minimum absolute atomic E-state index is 0.359. The molecule has 0 aromatic rings. The lowest BCUT2D eigenvalue weighted by Gasteiger charge is -2.16. The van der Waals surface area contributed by atoms with Gasteiger partial charge in [-0.05, 0) is 19.3 Å². The average Bonchev–Trinajstić information content (AvgIpc) is 2.34. The Hall–Kier alpha value is -0.330. The van der Waals surface area contributed by atoms with Crippen molar-refractivity contribution in [2.24, 2.45) is 0 Å². The standard InChI is InChI=1S/C7H12F3NO2/c8-7(9,10)4-13-11-5-2-1-3-6(5)12/h5-6,11-12H,1-4H2/t5-,6-/m1/s1. The Morgan fingerprint density at radius 3 is 2.54 bits per heavy atom. The third kappa shape index (κ3) is 3.93. The van der Waals surface area contributed by atoms with Gasteiger partial charge in [-0.3, -0.25) is 4.84 Å². The van der Waals surface area contributed by atoms with Crippen LogP contribution in [0.15, 0.2) is 0 Å². The summed E-state index contributed by atoms with van der Waals surface area (Å²) in [7, 11) is 0. The summed E-state index contributed by atoms with van der Waals surface area (Å²) >= 11 is 0. The zero-order valence-corrected chi connectivity index (χ0v) is 6.97. The number of hydroxylamine groups is 1. The molecular formula is C7H12F3NO2. The first-order valence-corrected chi connectivity index (χ1v) is 4.11. The lowest BCUT2D eigenvalue weighted by molar-refractivity contribution is -0.195. The quantitative estimate of drug-likeness (QED) is 0.666. The molecule has 0 unspecified atom stereocenters.